The Kier molecular flexibility index (Phi) is 5.01. The smallest absolute Gasteiger partial charge is 0.255 e. The Bertz CT molecular complexity index is 585. The van der Waals surface area contributed by atoms with Crippen molar-refractivity contribution in [1.29, 1.82) is 0 Å². The molecule has 0 bridgehead atoms. The molecule has 5 heteroatoms. The van der Waals surface area contributed by atoms with Gasteiger partial charge in [-0.25, -0.2) is 0 Å². The molecule has 104 valence electrons. The molecule has 0 aliphatic heterocycles. The number of nitrogens with one attached hydrogen (secondary N) is 1. The summed E-state index contributed by atoms with van der Waals surface area (Å²) in [5, 5.41) is 3.32. The van der Waals surface area contributed by atoms with Gasteiger partial charge >= 0.3 is 0 Å². The molecule has 0 atom stereocenters. The molecule has 0 aromatic heterocycles. The van der Waals surface area contributed by atoms with E-state index in [2.05, 4.69) is 27.3 Å². The van der Waals surface area contributed by atoms with Gasteiger partial charge < -0.3 is 15.8 Å². The lowest BCUT2D eigenvalue weighted by Crippen LogP contribution is -2.19. The van der Waals surface area contributed by atoms with Gasteiger partial charge in [-0.1, -0.05) is 34.1 Å². The van der Waals surface area contributed by atoms with Crippen LogP contribution in [-0.4, -0.2) is 12.5 Å². The first kappa shape index (κ1) is 14.4. The highest BCUT2D eigenvalue weighted by Gasteiger charge is 2.00. The number of hydrogen-bond donors (Lipinski definition) is 2. The average Bonchev–Trinajstić information content (AvgIpc) is 2.45. The van der Waals surface area contributed by atoms with Crippen molar-refractivity contribution in [3.8, 4) is 5.75 Å². The van der Waals surface area contributed by atoms with E-state index in [1.165, 1.54) is 5.56 Å². The Balaban J connectivity index is 1.91. The highest BCUT2D eigenvalue weighted by molar-refractivity contribution is 9.10. The molecule has 0 saturated carbocycles. The Hall–Kier alpha value is -2.01. The van der Waals surface area contributed by atoms with Gasteiger partial charge in [-0.3, -0.25) is 4.79 Å². The molecule has 1 amide bonds. The maximum absolute atomic E-state index is 10.6. The lowest BCUT2D eigenvalue weighted by molar-refractivity contribution is -0.119. The van der Waals surface area contributed by atoms with Crippen LogP contribution in [0.4, 0.5) is 5.69 Å². The van der Waals surface area contributed by atoms with E-state index in [0.717, 1.165) is 16.7 Å². The summed E-state index contributed by atoms with van der Waals surface area (Å²) in [6.45, 7) is 0.618. The minimum absolute atomic E-state index is 0.107. The van der Waals surface area contributed by atoms with Crippen LogP contribution < -0.4 is 15.8 Å². The van der Waals surface area contributed by atoms with E-state index in [-0.39, 0.29) is 6.61 Å². The fourth-order valence-corrected chi connectivity index (χ4v) is 2.09. The summed E-state index contributed by atoms with van der Waals surface area (Å²) < 4.78 is 6.27. The molecule has 0 saturated heterocycles. The number of primary amides is 1. The van der Waals surface area contributed by atoms with Crippen molar-refractivity contribution in [1.82, 2.24) is 0 Å². The van der Waals surface area contributed by atoms with Gasteiger partial charge in [0.25, 0.3) is 5.91 Å². The zero-order valence-electron chi connectivity index (χ0n) is 10.8. The molecule has 0 heterocycles. The summed E-state index contributed by atoms with van der Waals surface area (Å²) in [4.78, 5) is 10.6. The Morgan fingerprint density at radius 2 is 1.85 bits per heavy atom. The van der Waals surface area contributed by atoms with E-state index in [4.69, 9.17) is 10.5 Å². The molecular weight excluding hydrogens is 320 g/mol. The van der Waals surface area contributed by atoms with Crippen molar-refractivity contribution >= 4 is 27.5 Å². The van der Waals surface area contributed by atoms with Crippen molar-refractivity contribution in [2.24, 2.45) is 5.73 Å². The summed E-state index contributed by atoms with van der Waals surface area (Å²) in [5.74, 6) is 0.136. The molecule has 0 spiro atoms. The van der Waals surface area contributed by atoms with E-state index in [0.29, 0.717) is 5.75 Å². The van der Waals surface area contributed by atoms with Crippen molar-refractivity contribution in [2.45, 2.75) is 6.54 Å². The van der Waals surface area contributed by atoms with Crippen LogP contribution in [0.2, 0.25) is 0 Å². The average molecular weight is 335 g/mol. The predicted octanol–water partition coefficient (Wildman–Crippen LogP) is 2.93. The van der Waals surface area contributed by atoms with Gasteiger partial charge in [0.15, 0.2) is 6.61 Å². The van der Waals surface area contributed by atoms with Crippen molar-refractivity contribution < 1.29 is 9.53 Å². The van der Waals surface area contributed by atoms with Gasteiger partial charge in [-0.05, 0) is 35.9 Å². The molecule has 2 aromatic carbocycles. The maximum Gasteiger partial charge on any atom is 0.255 e. The first-order chi connectivity index (χ1) is 9.65. The summed E-state index contributed by atoms with van der Waals surface area (Å²) in [7, 11) is 0. The summed E-state index contributed by atoms with van der Waals surface area (Å²) in [6.07, 6.45) is 0. The zero-order chi connectivity index (χ0) is 14.4. The topological polar surface area (TPSA) is 64.4 Å². The summed E-state index contributed by atoms with van der Waals surface area (Å²) in [5.41, 5.74) is 7.18. The van der Waals surface area contributed by atoms with Crippen molar-refractivity contribution in [3.05, 3.63) is 58.6 Å². The molecule has 3 N–H and O–H groups in total. The molecule has 0 unspecified atom stereocenters. The van der Waals surface area contributed by atoms with E-state index in [1.807, 2.05) is 30.3 Å². The molecule has 0 radical (unpaired) electrons. The number of benzene rings is 2. The fraction of sp³-hybridized carbons (Fsp3) is 0.133. The highest BCUT2D eigenvalue weighted by Crippen LogP contribution is 2.19. The van der Waals surface area contributed by atoms with Crippen LogP contribution >= 0.6 is 15.9 Å². The monoisotopic (exact) mass is 334 g/mol. The highest BCUT2D eigenvalue weighted by atomic mass is 79.9. The first-order valence-corrected chi connectivity index (χ1v) is 6.93. The molecule has 0 fully saturated rings. The number of anilines is 1. The van der Waals surface area contributed by atoms with Crippen LogP contribution in [0.1, 0.15) is 5.56 Å². The standard InChI is InChI=1S/C15H15BrN2O2/c16-14-4-2-1-3-11(14)9-18-12-5-7-13(8-6-12)20-10-15(17)19/h1-8,18H,9-10H2,(H2,17,19). The second-order valence-corrected chi connectivity index (χ2v) is 5.08. The summed E-state index contributed by atoms with van der Waals surface area (Å²) in [6, 6.07) is 15.4. The molecular formula is C15H15BrN2O2. The predicted molar refractivity (Wildman–Crippen MR) is 82.6 cm³/mol. The van der Waals surface area contributed by atoms with Gasteiger partial charge in [-0.2, -0.15) is 0 Å². The molecule has 20 heavy (non-hydrogen) atoms. The lowest BCUT2D eigenvalue weighted by atomic mass is 10.2. The number of ether oxygens (including phenoxy) is 1. The van der Waals surface area contributed by atoms with Crippen LogP contribution in [0.15, 0.2) is 53.0 Å². The van der Waals surface area contributed by atoms with Crippen LogP contribution in [0.5, 0.6) is 5.75 Å². The van der Waals surface area contributed by atoms with Crippen LogP contribution in [0, 0.1) is 0 Å². The first-order valence-electron chi connectivity index (χ1n) is 6.13. The number of carbonyl (C=O) groups excluding carboxylic acids is 1. The zero-order valence-corrected chi connectivity index (χ0v) is 12.4. The van der Waals surface area contributed by atoms with Gasteiger partial charge in [-0.15, -0.1) is 0 Å². The van der Waals surface area contributed by atoms with Gasteiger partial charge in [0.05, 0.1) is 0 Å². The summed E-state index contributed by atoms with van der Waals surface area (Å²) >= 11 is 3.51. The molecule has 0 aliphatic carbocycles. The number of halogens is 1. The third-order valence-corrected chi connectivity index (χ3v) is 3.45. The lowest BCUT2D eigenvalue weighted by Gasteiger charge is -2.09. The van der Waals surface area contributed by atoms with E-state index in [1.54, 1.807) is 12.1 Å². The Morgan fingerprint density at radius 1 is 1.15 bits per heavy atom. The second-order valence-electron chi connectivity index (χ2n) is 4.22. The van der Waals surface area contributed by atoms with E-state index >= 15 is 0 Å². The third kappa shape index (κ3) is 4.28. The van der Waals surface area contributed by atoms with Crippen molar-refractivity contribution in [3.63, 3.8) is 0 Å². The van der Waals surface area contributed by atoms with E-state index in [9.17, 15) is 4.79 Å². The number of nitrogens with two attached hydrogens (primary N) is 1. The SMILES string of the molecule is NC(=O)COc1ccc(NCc2ccccc2Br)cc1. The van der Waals surface area contributed by atoms with Crippen molar-refractivity contribution in [2.75, 3.05) is 11.9 Å². The number of carbonyl (C=O) groups is 1. The minimum atomic E-state index is -0.485. The normalized spacial score (nSPS) is 10.1. The van der Waals surface area contributed by atoms with Crippen LogP contribution in [0.25, 0.3) is 0 Å². The Labute approximate surface area is 126 Å². The quantitative estimate of drug-likeness (QED) is 0.853. The number of hydrogen-bond acceptors (Lipinski definition) is 3. The Morgan fingerprint density at radius 3 is 2.50 bits per heavy atom. The molecule has 0 aliphatic rings. The van der Waals surface area contributed by atoms with Gasteiger partial charge in [0, 0.05) is 16.7 Å². The maximum atomic E-state index is 10.6. The largest absolute Gasteiger partial charge is 0.484 e. The number of rotatable bonds is 6. The van der Waals surface area contributed by atoms with Crippen LogP contribution in [0.3, 0.4) is 0 Å². The minimum Gasteiger partial charge on any atom is -0.484 e. The second kappa shape index (κ2) is 6.96. The molecule has 4 nitrogen and oxygen atoms in total. The van der Waals surface area contributed by atoms with E-state index < -0.39 is 5.91 Å². The molecule has 2 rings (SSSR count). The number of amides is 1. The van der Waals surface area contributed by atoms with Gasteiger partial charge in [0.2, 0.25) is 0 Å². The fourth-order valence-electron chi connectivity index (χ4n) is 1.66. The molecule has 2 aromatic rings. The van der Waals surface area contributed by atoms with Gasteiger partial charge in [0.1, 0.15) is 5.75 Å². The third-order valence-electron chi connectivity index (χ3n) is 2.68. The van der Waals surface area contributed by atoms with Crippen LogP contribution in [-0.2, 0) is 11.3 Å².